The monoisotopic (exact) mass is 187 g/mol. The summed E-state index contributed by atoms with van der Waals surface area (Å²) in [4.78, 5) is 0. The number of aromatic nitrogens is 2. The molecule has 0 fully saturated rings. The molecular formula is C7H13N3OS. The molecule has 4 nitrogen and oxygen atoms in total. The molecule has 0 radical (unpaired) electrons. The average molecular weight is 187 g/mol. The van der Waals surface area contributed by atoms with Gasteiger partial charge in [-0.2, -0.15) is 0 Å². The van der Waals surface area contributed by atoms with Crippen LogP contribution in [0.25, 0.3) is 0 Å². The summed E-state index contributed by atoms with van der Waals surface area (Å²) in [5.74, 6) is 0. The highest BCUT2D eigenvalue weighted by Crippen LogP contribution is 2.10. The Labute approximate surface area is 76.0 Å². The summed E-state index contributed by atoms with van der Waals surface area (Å²) in [7, 11) is 1.70. The van der Waals surface area contributed by atoms with Crippen LogP contribution < -0.4 is 5.32 Å². The molecule has 1 unspecified atom stereocenters. The van der Waals surface area contributed by atoms with Gasteiger partial charge in [0.15, 0.2) is 0 Å². The predicted molar refractivity (Wildman–Crippen MR) is 49.5 cm³/mol. The summed E-state index contributed by atoms with van der Waals surface area (Å²) in [6.07, 6.45) is 1.02. The zero-order chi connectivity index (χ0) is 8.81. The van der Waals surface area contributed by atoms with Crippen molar-refractivity contribution in [3.63, 3.8) is 0 Å². The van der Waals surface area contributed by atoms with Crippen LogP contribution in [0.3, 0.4) is 0 Å². The van der Waals surface area contributed by atoms with E-state index in [1.165, 1.54) is 11.3 Å². The summed E-state index contributed by atoms with van der Waals surface area (Å²) >= 11 is 1.50. The van der Waals surface area contributed by atoms with Crippen molar-refractivity contribution in [2.75, 3.05) is 19.0 Å². The lowest BCUT2D eigenvalue weighted by atomic mass is 10.2. The Morgan fingerprint density at radius 2 is 2.58 bits per heavy atom. The van der Waals surface area contributed by atoms with E-state index in [2.05, 4.69) is 22.4 Å². The molecule has 0 saturated carbocycles. The van der Waals surface area contributed by atoms with Crippen LogP contribution >= 0.6 is 11.3 Å². The Kier molecular flexibility index (Phi) is 3.96. The molecule has 1 rings (SSSR count). The van der Waals surface area contributed by atoms with Gasteiger partial charge in [-0.1, -0.05) is 18.3 Å². The molecule has 0 aromatic carbocycles. The van der Waals surface area contributed by atoms with Crippen molar-refractivity contribution in [1.29, 1.82) is 0 Å². The van der Waals surface area contributed by atoms with Crippen LogP contribution in [0.1, 0.15) is 13.3 Å². The number of ether oxygens (including phenoxy) is 1. The zero-order valence-electron chi connectivity index (χ0n) is 7.28. The second-order valence-electron chi connectivity index (χ2n) is 2.45. The summed E-state index contributed by atoms with van der Waals surface area (Å²) in [6.45, 7) is 2.81. The van der Waals surface area contributed by atoms with Gasteiger partial charge in [0, 0.05) is 7.11 Å². The Hall–Kier alpha value is -0.680. The van der Waals surface area contributed by atoms with Gasteiger partial charge in [-0.25, -0.2) is 0 Å². The van der Waals surface area contributed by atoms with E-state index in [1.54, 1.807) is 12.6 Å². The van der Waals surface area contributed by atoms with E-state index in [4.69, 9.17) is 4.74 Å². The largest absolute Gasteiger partial charge is 0.383 e. The zero-order valence-corrected chi connectivity index (χ0v) is 8.10. The lowest BCUT2D eigenvalue weighted by Crippen LogP contribution is -2.23. The number of hydrogen-bond acceptors (Lipinski definition) is 5. The Morgan fingerprint density at radius 1 is 1.75 bits per heavy atom. The molecule has 1 N–H and O–H groups in total. The number of rotatable bonds is 5. The smallest absolute Gasteiger partial charge is 0.205 e. The molecule has 68 valence electrons. The number of anilines is 1. The second kappa shape index (κ2) is 5.05. The Bertz CT molecular complexity index is 202. The molecule has 0 aliphatic carbocycles. The molecule has 0 saturated heterocycles. The van der Waals surface area contributed by atoms with Gasteiger partial charge < -0.3 is 10.1 Å². The van der Waals surface area contributed by atoms with Gasteiger partial charge in [-0.3, -0.25) is 0 Å². The van der Waals surface area contributed by atoms with Crippen LogP contribution in [-0.2, 0) is 4.74 Å². The van der Waals surface area contributed by atoms with Crippen LogP contribution in [0.5, 0.6) is 0 Å². The maximum Gasteiger partial charge on any atom is 0.205 e. The molecular weight excluding hydrogens is 174 g/mol. The van der Waals surface area contributed by atoms with Crippen molar-refractivity contribution in [2.24, 2.45) is 0 Å². The lowest BCUT2D eigenvalue weighted by molar-refractivity contribution is 0.184. The van der Waals surface area contributed by atoms with Gasteiger partial charge >= 0.3 is 0 Å². The molecule has 0 bridgehead atoms. The van der Waals surface area contributed by atoms with Crippen molar-refractivity contribution >= 4 is 16.5 Å². The number of nitrogens with one attached hydrogen (secondary N) is 1. The number of nitrogens with zero attached hydrogens (tertiary/aromatic N) is 2. The van der Waals surface area contributed by atoms with Crippen LogP contribution in [0.15, 0.2) is 5.51 Å². The fourth-order valence-electron chi connectivity index (χ4n) is 0.873. The van der Waals surface area contributed by atoms with Crippen molar-refractivity contribution in [2.45, 2.75) is 19.4 Å². The summed E-state index contributed by atoms with van der Waals surface area (Å²) in [5, 5.41) is 11.7. The first-order valence-corrected chi connectivity index (χ1v) is 4.76. The highest BCUT2D eigenvalue weighted by molar-refractivity contribution is 7.13. The first-order chi connectivity index (χ1) is 5.86. The van der Waals surface area contributed by atoms with E-state index in [0.29, 0.717) is 12.6 Å². The van der Waals surface area contributed by atoms with Crippen molar-refractivity contribution in [3.8, 4) is 0 Å². The van der Waals surface area contributed by atoms with Gasteiger partial charge in [0.1, 0.15) is 5.51 Å². The standard InChI is InChI=1S/C7H13N3OS/c1-3-6(4-11-2)9-7-10-8-5-12-7/h5-6H,3-4H2,1-2H3,(H,9,10). The van der Waals surface area contributed by atoms with Gasteiger partial charge in [-0.05, 0) is 6.42 Å². The highest BCUT2D eigenvalue weighted by atomic mass is 32.1. The molecule has 12 heavy (non-hydrogen) atoms. The van der Waals surface area contributed by atoms with Gasteiger partial charge in [0.25, 0.3) is 0 Å². The number of hydrogen-bond donors (Lipinski definition) is 1. The highest BCUT2D eigenvalue weighted by Gasteiger charge is 2.06. The first kappa shape index (κ1) is 9.41. The van der Waals surface area contributed by atoms with Crippen LogP contribution in [0.2, 0.25) is 0 Å². The molecule has 1 aromatic rings. The quantitative estimate of drug-likeness (QED) is 0.756. The summed E-state index contributed by atoms with van der Waals surface area (Å²) < 4.78 is 5.04. The number of methoxy groups -OCH3 is 1. The third-order valence-electron chi connectivity index (χ3n) is 1.55. The predicted octanol–water partition coefficient (Wildman–Crippen LogP) is 1.37. The molecule has 0 aliphatic rings. The fourth-order valence-corrected chi connectivity index (χ4v) is 1.40. The van der Waals surface area contributed by atoms with Gasteiger partial charge in [0.05, 0.1) is 12.6 Å². The average Bonchev–Trinajstić information content (AvgIpc) is 2.56. The lowest BCUT2D eigenvalue weighted by Gasteiger charge is -2.13. The van der Waals surface area contributed by atoms with E-state index in [0.717, 1.165) is 11.6 Å². The molecule has 0 amide bonds. The van der Waals surface area contributed by atoms with Crippen LogP contribution in [0.4, 0.5) is 5.13 Å². The molecule has 1 atom stereocenters. The maximum atomic E-state index is 5.04. The molecule has 1 heterocycles. The molecule has 0 aliphatic heterocycles. The minimum Gasteiger partial charge on any atom is -0.383 e. The minimum atomic E-state index is 0.336. The minimum absolute atomic E-state index is 0.336. The van der Waals surface area contributed by atoms with Crippen molar-refractivity contribution in [1.82, 2.24) is 10.2 Å². The van der Waals surface area contributed by atoms with E-state index < -0.39 is 0 Å². The van der Waals surface area contributed by atoms with E-state index in [1.807, 2.05) is 0 Å². The van der Waals surface area contributed by atoms with E-state index in [-0.39, 0.29) is 0 Å². The van der Waals surface area contributed by atoms with E-state index in [9.17, 15) is 0 Å². The molecule has 5 heteroatoms. The molecule has 1 aromatic heterocycles. The van der Waals surface area contributed by atoms with Crippen LogP contribution in [-0.4, -0.2) is 30.0 Å². The third-order valence-corrected chi connectivity index (χ3v) is 2.17. The molecule has 0 spiro atoms. The fraction of sp³-hybridized carbons (Fsp3) is 0.714. The first-order valence-electron chi connectivity index (χ1n) is 3.88. The van der Waals surface area contributed by atoms with Gasteiger partial charge in [0.2, 0.25) is 5.13 Å². The van der Waals surface area contributed by atoms with Crippen molar-refractivity contribution in [3.05, 3.63) is 5.51 Å². The Morgan fingerprint density at radius 3 is 3.08 bits per heavy atom. The van der Waals surface area contributed by atoms with Crippen LogP contribution in [0, 0.1) is 0 Å². The summed E-state index contributed by atoms with van der Waals surface area (Å²) in [6, 6.07) is 0.336. The maximum absolute atomic E-state index is 5.04. The summed E-state index contributed by atoms with van der Waals surface area (Å²) in [5.41, 5.74) is 1.71. The van der Waals surface area contributed by atoms with Crippen molar-refractivity contribution < 1.29 is 4.74 Å². The SMILES string of the molecule is CCC(COC)Nc1nncs1. The van der Waals surface area contributed by atoms with E-state index >= 15 is 0 Å². The normalized spacial score (nSPS) is 12.8. The van der Waals surface area contributed by atoms with Gasteiger partial charge in [-0.15, -0.1) is 10.2 Å². The second-order valence-corrected chi connectivity index (χ2v) is 3.28. The topological polar surface area (TPSA) is 47.0 Å². The third kappa shape index (κ3) is 2.75. The Balaban J connectivity index is 2.37.